The number of pyridine rings is 2. The van der Waals surface area contributed by atoms with E-state index in [0.29, 0.717) is 51.9 Å². The number of fused-ring (bicyclic) bond motifs is 5. The Bertz CT molecular complexity index is 3070. The van der Waals surface area contributed by atoms with E-state index in [-0.39, 0.29) is 81.4 Å². The third kappa shape index (κ3) is 13.3. The molecule has 1 fully saturated rings. The smallest absolute Gasteiger partial charge is 0.407 e. The average Bonchev–Trinajstić information content (AvgIpc) is 4.14. The van der Waals surface area contributed by atoms with Crippen molar-refractivity contribution in [1.29, 1.82) is 0 Å². The first kappa shape index (κ1) is 60.8. The van der Waals surface area contributed by atoms with Gasteiger partial charge in [0.1, 0.15) is 62.2 Å². The fourth-order valence-corrected chi connectivity index (χ4v) is 10.6. The molecular formula is C52H68FN11O17. The van der Waals surface area contributed by atoms with Crippen molar-refractivity contribution in [1.82, 2.24) is 46.8 Å². The van der Waals surface area contributed by atoms with Crippen LogP contribution in [-0.4, -0.2) is 154 Å². The molecule has 9 atom stereocenters. The lowest BCUT2D eigenvalue weighted by molar-refractivity contribution is -0.172. The van der Waals surface area contributed by atoms with Gasteiger partial charge in [-0.3, -0.25) is 33.6 Å². The lowest BCUT2D eigenvalue weighted by Crippen LogP contribution is -2.58. The zero-order valence-corrected chi connectivity index (χ0v) is 45.2. The van der Waals surface area contributed by atoms with Crippen LogP contribution in [-0.2, 0) is 77.7 Å². The number of primary amides is 2. The summed E-state index contributed by atoms with van der Waals surface area (Å²) >= 11 is 0. The third-order valence-corrected chi connectivity index (χ3v) is 15.0. The predicted molar refractivity (Wildman–Crippen MR) is 279 cm³/mol. The van der Waals surface area contributed by atoms with E-state index in [9.17, 15) is 63.3 Å². The minimum atomic E-state index is -2.09. The first-order chi connectivity index (χ1) is 38.4. The van der Waals surface area contributed by atoms with Gasteiger partial charge in [-0.25, -0.2) is 23.8 Å². The highest BCUT2D eigenvalue weighted by Crippen LogP contribution is 2.46. The van der Waals surface area contributed by atoms with Gasteiger partial charge in [-0.15, -0.1) is 0 Å². The largest absolute Gasteiger partial charge is 0.458 e. The molecule has 2 aromatic heterocycles. The van der Waals surface area contributed by atoms with Gasteiger partial charge in [-0.2, -0.15) is 0 Å². The molecule has 7 rings (SSSR count). The van der Waals surface area contributed by atoms with Gasteiger partial charge in [0, 0.05) is 42.1 Å². The van der Waals surface area contributed by atoms with Crippen LogP contribution >= 0.6 is 0 Å². The molecule has 3 aliphatic heterocycles. The second-order valence-corrected chi connectivity index (χ2v) is 20.6. The van der Waals surface area contributed by atoms with E-state index >= 15 is 4.39 Å². The van der Waals surface area contributed by atoms with Crippen molar-refractivity contribution in [2.45, 2.75) is 146 Å². The molecule has 81 heavy (non-hydrogen) atoms. The molecule has 0 unspecified atom stereocenters. The number of hydrogen-bond donors (Lipinski definition) is 12. The number of carbonyl (C=O) groups excluding carboxylic acids is 9. The minimum absolute atomic E-state index is 0.00665. The Hall–Kier alpha value is -7.86. The maximum Gasteiger partial charge on any atom is 0.407 e. The molecule has 0 radical (unpaired) electrons. The van der Waals surface area contributed by atoms with Crippen LogP contribution in [0.3, 0.4) is 0 Å². The molecule has 29 heteroatoms. The number of aliphatic hydroxyl groups is 3. The molecule has 1 saturated heterocycles. The third-order valence-electron chi connectivity index (χ3n) is 15.0. The summed E-state index contributed by atoms with van der Waals surface area (Å²) in [5, 5.41) is 50.4. The number of ether oxygens (including phenoxy) is 4. The number of amides is 9. The summed E-state index contributed by atoms with van der Waals surface area (Å²) in [6, 6.07) is -2.81. The zero-order chi connectivity index (χ0) is 59.2. The molecule has 4 aliphatic rings. The fourth-order valence-electron chi connectivity index (χ4n) is 10.6. The zero-order valence-electron chi connectivity index (χ0n) is 45.2. The second kappa shape index (κ2) is 25.7. The number of nitrogens with zero attached hydrogens (tertiary/aromatic N) is 2. The lowest BCUT2D eigenvalue weighted by atomic mass is 9.81. The van der Waals surface area contributed by atoms with Crippen molar-refractivity contribution in [2.75, 3.05) is 33.5 Å². The monoisotopic (exact) mass is 1140 g/mol. The Morgan fingerprint density at radius 2 is 1.63 bits per heavy atom. The van der Waals surface area contributed by atoms with Crippen LogP contribution < -0.4 is 54.2 Å². The number of aromatic nitrogens is 2. The van der Waals surface area contributed by atoms with Gasteiger partial charge < -0.3 is 87.5 Å². The summed E-state index contributed by atoms with van der Waals surface area (Å²) in [5.74, 6) is -6.62. The Kier molecular flexibility index (Phi) is 19.3. The normalized spacial score (nSPS) is 21.5. The maximum absolute atomic E-state index is 15.5. The number of aliphatic hydroxyl groups excluding tert-OH is 2. The van der Waals surface area contributed by atoms with E-state index in [4.69, 9.17) is 30.7 Å². The number of methoxy groups -OCH3 is 1. The number of urea groups is 1. The molecule has 28 nitrogen and oxygen atoms in total. The predicted octanol–water partition coefficient (Wildman–Crippen LogP) is -2.22. The van der Waals surface area contributed by atoms with Crippen molar-refractivity contribution < 1.29 is 81.8 Å². The fraction of sp³-hybridized carbons (Fsp3) is 0.558. The summed E-state index contributed by atoms with van der Waals surface area (Å²) in [7, 11) is 1.04. The number of nitrogens with one attached hydrogen (secondary N) is 7. The summed E-state index contributed by atoms with van der Waals surface area (Å²) in [6.07, 6.45) is -6.57. The van der Waals surface area contributed by atoms with Crippen LogP contribution in [0.2, 0.25) is 0 Å². The minimum Gasteiger partial charge on any atom is -0.458 e. The molecule has 1 aromatic carbocycles. The number of carbonyl (C=O) groups is 9. The van der Waals surface area contributed by atoms with Crippen LogP contribution in [0, 0.1) is 18.7 Å². The van der Waals surface area contributed by atoms with Gasteiger partial charge in [0.15, 0.2) is 5.60 Å². The van der Waals surface area contributed by atoms with Crippen LogP contribution in [0.4, 0.5) is 14.0 Å². The lowest BCUT2D eigenvalue weighted by Gasteiger charge is -2.31. The van der Waals surface area contributed by atoms with Crippen molar-refractivity contribution in [3.05, 3.63) is 61.7 Å². The van der Waals surface area contributed by atoms with Gasteiger partial charge in [0.25, 0.3) is 5.56 Å². The van der Waals surface area contributed by atoms with E-state index in [1.54, 1.807) is 27.7 Å². The Morgan fingerprint density at radius 1 is 0.914 bits per heavy atom. The van der Waals surface area contributed by atoms with E-state index < -0.39 is 138 Å². The van der Waals surface area contributed by atoms with Gasteiger partial charge in [-0.05, 0) is 74.1 Å². The number of halogens is 1. The molecule has 440 valence electrons. The van der Waals surface area contributed by atoms with Gasteiger partial charge in [0.05, 0.1) is 54.7 Å². The van der Waals surface area contributed by atoms with Gasteiger partial charge in [-0.1, -0.05) is 20.8 Å². The van der Waals surface area contributed by atoms with E-state index in [1.165, 1.54) is 16.7 Å². The number of hydrogen-bond acceptors (Lipinski definition) is 18. The molecule has 0 bridgehead atoms. The van der Waals surface area contributed by atoms with Crippen molar-refractivity contribution in [3.8, 4) is 11.4 Å². The number of benzene rings is 1. The van der Waals surface area contributed by atoms with E-state index in [2.05, 4.69) is 42.0 Å². The second-order valence-electron chi connectivity index (χ2n) is 20.6. The maximum atomic E-state index is 15.5. The molecular weight excluding hydrogens is 1070 g/mol. The summed E-state index contributed by atoms with van der Waals surface area (Å²) in [6.45, 7) is 4.67. The Labute approximate surface area is 462 Å². The molecule has 0 spiro atoms. The number of esters is 1. The quantitative estimate of drug-likeness (QED) is 0.0201. The van der Waals surface area contributed by atoms with Crippen LogP contribution in [0.15, 0.2) is 16.9 Å². The molecule has 1 aliphatic carbocycles. The number of rotatable bonds is 24. The molecule has 14 N–H and O–H groups in total. The molecule has 0 saturated carbocycles. The summed E-state index contributed by atoms with van der Waals surface area (Å²) in [5.41, 5.74) is 11.2. The highest BCUT2D eigenvalue weighted by Gasteiger charge is 2.47. The molecule has 3 aromatic rings. The first-order valence-electron chi connectivity index (χ1n) is 26.4. The van der Waals surface area contributed by atoms with Crippen molar-refractivity contribution in [2.24, 2.45) is 17.4 Å². The summed E-state index contributed by atoms with van der Waals surface area (Å²) < 4.78 is 37.8. The molecule has 9 amide bonds. The molecule has 5 heterocycles. The van der Waals surface area contributed by atoms with Crippen molar-refractivity contribution in [3.63, 3.8) is 0 Å². The number of alkyl carbamates (subject to hydrolysis) is 1. The standard InChI is InChI=1S/C52H68FN11O17/c1-6-52(77)27-14-33-42-25(18-64(33)48(73)26(27)19-80-49(52)74)40-29(10-9-24-23(4)28(53)15-32(60-42)39(24)40)59-38(67)20-79-21-58-45(70)30(8-7-13-56-50(55)75)61-47(72)41(22(2)3)63-46(71)31(62-51(76)78-5)11-12-37(66)57-17-35-44(69)43(68)34(81-35)16-36(54)65/h14-15,22,29-31,34-35,41,43-44,68-69,77H,6-13,16-21H2,1-5H3,(H2,54,65)(H,57,66)(H,58,70)(H,59,67)(H,61,72)(H,62,76)(H,63,71)(H3,55,56,75)/t29-,30-,31-,34-,35+,41-,43-,44+,52-/m0/s1. The van der Waals surface area contributed by atoms with Crippen LogP contribution in [0.25, 0.3) is 22.3 Å². The first-order valence-corrected chi connectivity index (χ1v) is 26.4. The Morgan fingerprint density at radius 3 is 2.31 bits per heavy atom. The highest BCUT2D eigenvalue weighted by molar-refractivity contribution is 5.95. The van der Waals surface area contributed by atoms with Crippen LogP contribution in [0.1, 0.15) is 105 Å². The number of aryl methyl sites for hydroxylation is 1. The number of nitrogens with two attached hydrogens (primary N) is 2. The SMILES string of the molecule is CC[C@@]1(O)C(=O)OCc2c1cc1n(c2=O)Cc2c-1nc1cc(F)c(C)c3c1c2[C@@H](NC(=O)COCNC(=O)[C@H](CCCNC(N)=O)NC(=O)[C@@H](NC(=O)[C@H](CCC(=O)NC[C@H]1O[C@@H](CC(N)=O)[C@H](O)[C@@H]1O)NC(=O)OC)C(C)C)CC3. The van der Waals surface area contributed by atoms with Crippen molar-refractivity contribution >= 4 is 64.4 Å². The average molecular weight is 1140 g/mol. The van der Waals surface area contributed by atoms with Crippen LogP contribution in [0.5, 0.6) is 0 Å². The topological polar surface area (TPSA) is 422 Å². The summed E-state index contributed by atoms with van der Waals surface area (Å²) in [4.78, 5) is 135. The highest BCUT2D eigenvalue weighted by atomic mass is 19.1. The van der Waals surface area contributed by atoms with E-state index in [0.717, 1.165) is 7.11 Å². The van der Waals surface area contributed by atoms with Gasteiger partial charge >= 0.3 is 18.1 Å². The van der Waals surface area contributed by atoms with Gasteiger partial charge in [0.2, 0.25) is 35.4 Å². The number of cyclic esters (lactones) is 1. The van der Waals surface area contributed by atoms with E-state index in [1.807, 2.05) is 0 Å². The Balaban J connectivity index is 0.986.